The van der Waals surface area contributed by atoms with E-state index in [-0.39, 0.29) is 29.9 Å². The normalized spacial score (nSPS) is 19.5. The van der Waals surface area contributed by atoms with Gasteiger partial charge in [-0.2, -0.15) is 5.10 Å². The fourth-order valence-electron chi connectivity index (χ4n) is 8.27. The van der Waals surface area contributed by atoms with Gasteiger partial charge >= 0.3 is 5.97 Å². The molecule has 8 rings (SSSR count). The van der Waals surface area contributed by atoms with Crippen LogP contribution in [0.25, 0.3) is 22.0 Å². The molecule has 5 aromatic rings. The third-order valence-electron chi connectivity index (χ3n) is 11.2. The van der Waals surface area contributed by atoms with E-state index >= 15 is 0 Å². The van der Waals surface area contributed by atoms with Crippen LogP contribution in [0.5, 0.6) is 0 Å². The lowest BCUT2D eigenvalue weighted by molar-refractivity contribution is -0.147. The summed E-state index contributed by atoms with van der Waals surface area (Å²) >= 11 is 7.05. The van der Waals surface area contributed by atoms with Crippen LogP contribution in [0.3, 0.4) is 0 Å². The molecule has 280 valence electrons. The number of β-amino-alcohol motifs (C(OH)–C–C–N with tert-alkyl or cyclic N) is 1. The molecule has 3 aliphatic rings. The number of carbonyl (C=O) groups is 2. The predicted octanol–water partition coefficient (Wildman–Crippen LogP) is 6.74. The fourth-order valence-corrected chi connectivity index (χ4v) is 8.54. The molecule has 2 aromatic carbocycles. The molecular formula is C41H45ClN8O4. The Balaban J connectivity index is 0.982. The molecule has 0 spiro atoms. The van der Waals surface area contributed by atoms with Crippen molar-refractivity contribution in [1.29, 1.82) is 0 Å². The van der Waals surface area contributed by atoms with Crippen LogP contribution in [0.4, 0.5) is 17.2 Å². The van der Waals surface area contributed by atoms with Crippen LogP contribution in [-0.2, 0) is 22.6 Å². The van der Waals surface area contributed by atoms with Crippen LogP contribution in [0.2, 0.25) is 5.02 Å². The van der Waals surface area contributed by atoms with E-state index in [2.05, 4.69) is 31.5 Å². The first-order valence-corrected chi connectivity index (χ1v) is 19.1. The predicted molar refractivity (Wildman–Crippen MR) is 209 cm³/mol. The standard InChI is InChI=1S/C41H45ClN8O4/c1-25-30(6-3-8-32(25)45-39-38-28(11-15-43-39)20-26(22-44-38)23-48-17-14-29(51)24-48)31-7-4-9-33(37(31)42)46-40(52)34-21-36-35(10-5-16-50(36)47-34)49-18-12-27(13-19-49)41(53)54-2/h3-4,6-9,11,15,20-22,27,29,35,51H,5,10,12-14,16-19,23-24H2,1-2H3,(H,43,45)(H,46,52)/t29-,35?/m1/s1. The lowest BCUT2D eigenvalue weighted by atomic mass is 9.93. The molecule has 1 unspecified atom stereocenters. The molecule has 13 heteroatoms. The number of hydrogen-bond acceptors (Lipinski definition) is 10. The summed E-state index contributed by atoms with van der Waals surface area (Å²) in [7, 11) is 1.45. The number of anilines is 3. The van der Waals surface area contributed by atoms with Crippen molar-refractivity contribution in [3.05, 3.63) is 94.5 Å². The summed E-state index contributed by atoms with van der Waals surface area (Å²) < 4.78 is 6.93. The Hall–Kier alpha value is -4.88. The maximum Gasteiger partial charge on any atom is 0.308 e. The van der Waals surface area contributed by atoms with Gasteiger partial charge < -0.3 is 20.5 Å². The summed E-state index contributed by atoms with van der Waals surface area (Å²) in [4.78, 5) is 39.8. The van der Waals surface area contributed by atoms with Crippen molar-refractivity contribution < 1.29 is 19.4 Å². The summed E-state index contributed by atoms with van der Waals surface area (Å²) in [6.07, 6.45) is 7.70. The van der Waals surface area contributed by atoms with Crippen molar-refractivity contribution >= 4 is 51.6 Å². The zero-order chi connectivity index (χ0) is 37.3. The summed E-state index contributed by atoms with van der Waals surface area (Å²) in [5.41, 5.74) is 7.28. The molecule has 3 aromatic heterocycles. The first-order valence-electron chi connectivity index (χ1n) is 18.8. The van der Waals surface area contributed by atoms with Crippen LogP contribution in [0, 0.1) is 12.8 Å². The monoisotopic (exact) mass is 748 g/mol. The van der Waals surface area contributed by atoms with Gasteiger partial charge in [0.25, 0.3) is 5.91 Å². The molecule has 12 nitrogen and oxygen atoms in total. The molecule has 0 bridgehead atoms. The Bertz CT molecular complexity index is 2200. The number of fused-ring (bicyclic) bond motifs is 2. The number of aryl methyl sites for hydroxylation is 1. The van der Waals surface area contributed by atoms with Gasteiger partial charge in [-0.15, -0.1) is 0 Å². The number of ether oxygens (including phenoxy) is 1. The van der Waals surface area contributed by atoms with Crippen molar-refractivity contribution in [3.63, 3.8) is 0 Å². The average molecular weight is 749 g/mol. The quantitative estimate of drug-likeness (QED) is 0.139. The first kappa shape index (κ1) is 36.1. The number of halogens is 1. The van der Waals surface area contributed by atoms with E-state index < -0.39 is 0 Å². The van der Waals surface area contributed by atoms with Crippen LogP contribution < -0.4 is 10.6 Å². The van der Waals surface area contributed by atoms with Crippen molar-refractivity contribution in [2.45, 2.75) is 64.3 Å². The molecule has 2 fully saturated rings. The van der Waals surface area contributed by atoms with Crippen molar-refractivity contribution in [2.75, 3.05) is 43.9 Å². The Kier molecular flexibility index (Phi) is 10.3. The first-order chi connectivity index (χ1) is 26.2. The minimum Gasteiger partial charge on any atom is -0.469 e. The SMILES string of the molecule is COC(=O)C1CCN(C2CCCn3nc(C(=O)Nc4cccc(-c5cccc(Nc6nccc7cc(CN8CC[C@@H](O)C8)cnc67)c5C)c4Cl)cc32)CC1. The zero-order valence-electron chi connectivity index (χ0n) is 30.6. The lowest BCUT2D eigenvalue weighted by Gasteiger charge is -2.38. The van der Waals surface area contributed by atoms with Gasteiger partial charge in [-0.1, -0.05) is 35.9 Å². The number of rotatable bonds is 9. The van der Waals surface area contributed by atoms with Gasteiger partial charge in [0.15, 0.2) is 11.5 Å². The largest absolute Gasteiger partial charge is 0.469 e. The van der Waals surface area contributed by atoms with E-state index in [9.17, 15) is 14.7 Å². The summed E-state index contributed by atoms with van der Waals surface area (Å²) in [5, 5.41) is 22.6. The lowest BCUT2D eigenvalue weighted by Crippen LogP contribution is -2.40. The van der Waals surface area contributed by atoms with Crippen LogP contribution in [-0.4, -0.2) is 85.9 Å². The van der Waals surface area contributed by atoms with E-state index in [1.807, 2.05) is 60.3 Å². The van der Waals surface area contributed by atoms with E-state index in [0.29, 0.717) is 28.8 Å². The molecule has 2 saturated heterocycles. The summed E-state index contributed by atoms with van der Waals surface area (Å²) in [6, 6.07) is 17.8. The molecule has 0 radical (unpaired) electrons. The number of likely N-dealkylation sites (tertiary alicyclic amines) is 2. The third kappa shape index (κ3) is 7.31. The van der Waals surface area contributed by atoms with Gasteiger partial charge in [0.05, 0.1) is 41.6 Å². The minimum atomic E-state index is -0.318. The summed E-state index contributed by atoms with van der Waals surface area (Å²) in [6.45, 7) is 6.71. The molecule has 2 atom stereocenters. The maximum atomic E-state index is 13.7. The number of aliphatic hydroxyl groups is 1. The van der Waals surface area contributed by atoms with Gasteiger partial charge in [-0.25, -0.2) is 4.98 Å². The van der Waals surface area contributed by atoms with Gasteiger partial charge in [0, 0.05) is 55.2 Å². The van der Waals surface area contributed by atoms with Crippen molar-refractivity contribution in [3.8, 4) is 11.1 Å². The minimum absolute atomic E-state index is 0.0564. The van der Waals surface area contributed by atoms with Crippen LogP contribution >= 0.6 is 11.6 Å². The molecular weight excluding hydrogens is 704 g/mol. The number of nitrogens with zero attached hydrogens (tertiary/aromatic N) is 6. The molecule has 3 N–H and O–H groups in total. The molecule has 54 heavy (non-hydrogen) atoms. The third-order valence-corrected chi connectivity index (χ3v) is 11.6. The number of piperidine rings is 1. The van der Waals surface area contributed by atoms with Gasteiger partial charge in [0.2, 0.25) is 0 Å². The number of benzene rings is 2. The Morgan fingerprint density at radius 1 is 0.963 bits per heavy atom. The van der Waals surface area contributed by atoms with E-state index in [0.717, 1.165) is 109 Å². The number of amides is 1. The molecule has 0 saturated carbocycles. The topological polar surface area (TPSA) is 138 Å². The highest BCUT2D eigenvalue weighted by Crippen LogP contribution is 2.39. The van der Waals surface area contributed by atoms with E-state index in [4.69, 9.17) is 26.4 Å². The fraction of sp³-hybridized carbons (Fsp3) is 0.390. The van der Waals surface area contributed by atoms with Crippen molar-refractivity contribution in [2.24, 2.45) is 5.92 Å². The number of aliphatic hydroxyl groups excluding tert-OH is 1. The zero-order valence-corrected chi connectivity index (χ0v) is 31.4. The smallest absolute Gasteiger partial charge is 0.308 e. The van der Waals surface area contributed by atoms with E-state index in [1.54, 1.807) is 12.3 Å². The maximum absolute atomic E-state index is 13.7. The Morgan fingerprint density at radius 2 is 1.76 bits per heavy atom. The number of hydrogen-bond donors (Lipinski definition) is 3. The van der Waals surface area contributed by atoms with Gasteiger partial charge in [-0.05, 0) is 99.1 Å². The van der Waals surface area contributed by atoms with E-state index in [1.165, 1.54) is 7.11 Å². The number of carbonyl (C=O) groups excluding carboxylic acids is 2. The Morgan fingerprint density at radius 3 is 2.54 bits per heavy atom. The van der Waals surface area contributed by atoms with Gasteiger partial charge in [0.1, 0.15) is 5.52 Å². The highest BCUT2D eigenvalue weighted by atomic mass is 35.5. The second-order valence-corrected chi connectivity index (χ2v) is 15.0. The highest BCUT2D eigenvalue weighted by molar-refractivity contribution is 6.36. The van der Waals surface area contributed by atoms with Gasteiger partial charge in [-0.3, -0.25) is 29.1 Å². The second kappa shape index (κ2) is 15.5. The second-order valence-electron chi connectivity index (χ2n) is 14.6. The summed E-state index contributed by atoms with van der Waals surface area (Å²) in [5.74, 6) is 0.144. The average Bonchev–Trinajstić information content (AvgIpc) is 3.82. The molecule has 3 aliphatic heterocycles. The number of aromatic nitrogens is 4. The molecule has 0 aliphatic carbocycles. The molecule has 6 heterocycles. The number of methoxy groups -OCH3 is 1. The Labute approximate surface area is 319 Å². The number of pyridine rings is 2. The molecule has 1 amide bonds. The highest BCUT2D eigenvalue weighted by Gasteiger charge is 2.34. The van der Waals surface area contributed by atoms with Crippen LogP contribution in [0.1, 0.15) is 65.5 Å². The van der Waals surface area contributed by atoms with Crippen LogP contribution in [0.15, 0.2) is 67.0 Å². The van der Waals surface area contributed by atoms with Crippen molar-refractivity contribution in [1.82, 2.24) is 29.5 Å². The number of nitrogens with one attached hydrogen (secondary N) is 2. The number of esters is 1.